The molecule has 0 amide bonds. The molecule has 0 aliphatic carbocycles. The molecule has 0 radical (unpaired) electrons. The van der Waals surface area contributed by atoms with Gasteiger partial charge in [-0.3, -0.25) is 0 Å². The molecule has 0 aliphatic heterocycles. The van der Waals surface area contributed by atoms with Crippen molar-refractivity contribution in [1.29, 1.82) is 0 Å². The third kappa shape index (κ3) is 2.32. The van der Waals surface area contributed by atoms with Crippen LogP contribution in [0.15, 0.2) is 53.3 Å². The molecule has 2 heterocycles. The summed E-state index contributed by atoms with van der Waals surface area (Å²) in [6.45, 7) is 0. The lowest BCUT2D eigenvalue weighted by molar-refractivity contribution is 0.0697. The smallest absolute Gasteiger partial charge is 0.335 e. The fourth-order valence-electron chi connectivity index (χ4n) is 2.14. The summed E-state index contributed by atoms with van der Waals surface area (Å²) in [5.41, 5.74) is 2.18. The Labute approximate surface area is 123 Å². The van der Waals surface area contributed by atoms with Crippen LogP contribution in [0.25, 0.3) is 5.52 Å². The Bertz CT molecular complexity index is 781. The van der Waals surface area contributed by atoms with Crippen molar-refractivity contribution in [3.05, 3.63) is 70.2 Å². The van der Waals surface area contributed by atoms with Crippen LogP contribution in [0.3, 0.4) is 0 Å². The van der Waals surface area contributed by atoms with Gasteiger partial charge < -0.3 is 9.51 Å². The second kappa shape index (κ2) is 5.09. The number of aromatic nitrogens is 2. The van der Waals surface area contributed by atoms with Gasteiger partial charge in [-0.1, -0.05) is 30.3 Å². The van der Waals surface area contributed by atoms with Crippen LogP contribution in [-0.2, 0) is 6.42 Å². The van der Waals surface area contributed by atoms with Gasteiger partial charge in [-0.15, -0.1) is 0 Å². The van der Waals surface area contributed by atoms with Crippen LogP contribution in [0.2, 0.25) is 0 Å². The van der Waals surface area contributed by atoms with Crippen LogP contribution in [0, 0.1) is 0 Å². The molecular weight excluding hydrogens is 320 g/mol. The second-order valence-corrected chi connectivity index (χ2v) is 5.21. The molecule has 0 saturated heterocycles. The lowest BCUT2D eigenvalue weighted by Crippen LogP contribution is -2.00. The Morgan fingerprint density at radius 3 is 2.70 bits per heavy atom. The maximum Gasteiger partial charge on any atom is 0.335 e. The van der Waals surface area contributed by atoms with Crippen LogP contribution < -0.4 is 0 Å². The first-order valence-electron chi connectivity index (χ1n) is 6.09. The normalized spacial score (nSPS) is 10.8. The molecule has 1 aromatic carbocycles. The number of carbonyl (C=O) groups is 1. The fourth-order valence-corrected chi connectivity index (χ4v) is 2.65. The van der Waals surface area contributed by atoms with Crippen LogP contribution in [0.1, 0.15) is 21.7 Å². The third-order valence-electron chi connectivity index (χ3n) is 3.12. The average molecular weight is 331 g/mol. The van der Waals surface area contributed by atoms with E-state index >= 15 is 0 Å². The van der Waals surface area contributed by atoms with E-state index in [1.54, 1.807) is 18.3 Å². The second-order valence-electron chi connectivity index (χ2n) is 4.46. The number of hydrogen-bond donors (Lipinski definition) is 1. The number of hydrogen-bond acceptors (Lipinski definition) is 2. The molecule has 0 bridgehead atoms. The molecule has 20 heavy (non-hydrogen) atoms. The highest BCUT2D eigenvalue weighted by atomic mass is 79.9. The minimum absolute atomic E-state index is 0.254. The zero-order chi connectivity index (χ0) is 14.1. The first-order chi connectivity index (χ1) is 9.65. The Kier molecular flexibility index (Phi) is 3.28. The van der Waals surface area contributed by atoms with E-state index in [9.17, 15) is 4.79 Å². The zero-order valence-electron chi connectivity index (χ0n) is 10.5. The summed E-state index contributed by atoms with van der Waals surface area (Å²) in [7, 11) is 0. The van der Waals surface area contributed by atoms with E-state index in [1.807, 2.05) is 34.7 Å². The highest BCUT2D eigenvalue weighted by Gasteiger charge is 2.12. The lowest BCUT2D eigenvalue weighted by atomic mass is 10.1. The molecule has 5 heteroatoms. The van der Waals surface area contributed by atoms with Gasteiger partial charge in [0.05, 0.1) is 11.1 Å². The Morgan fingerprint density at radius 2 is 2.00 bits per heavy atom. The standard InChI is InChI=1S/C15H11BrN2O2/c16-14-12-9-11(15(19)20)6-7-18(12)13(17-14)8-10-4-2-1-3-5-10/h1-7,9H,8H2,(H,19,20). The Morgan fingerprint density at radius 1 is 1.25 bits per heavy atom. The van der Waals surface area contributed by atoms with Crippen molar-refractivity contribution in [2.45, 2.75) is 6.42 Å². The molecule has 0 fully saturated rings. The first-order valence-corrected chi connectivity index (χ1v) is 6.88. The predicted molar refractivity (Wildman–Crippen MR) is 79.1 cm³/mol. The molecule has 0 atom stereocenters. The number of carboxylic acid groups (broad SMARTS) is 1. The van der Waals surface area contributed by atoms with Gasteiger partial charge in [0.2, 0.25) is 0 Å². The summed E-state index contributed by atoms with van der Waals surface area (Å²) in [5.74, 6) is -0.0692. The third-order valence-corrected chi connectivity index (χ3v) is 3.71. The minimum Gasteiger partial charge on any atom is -0.478 e. The number of benzene rings is 1. The van der Waals surface area contributed by atoms with Crippen molar-refractivity contribution in [1.82, 2.24) is 9.38 Å². The molecule has 0 unspecified atom stereocenters. The lowest BCUT2D eigenvalue weighted by Gasteiger charge is -2.02. The van der Waals surface area contributed by atoms with Gasteiger partial charge in [-0.25, -0.2) is 9.78 Å². The van der Waals surface area contributed by atoms with Crippen molar-refractivity contribution in [2.24, 2.45) is 0 Å². The average Bonchev–Trinajstić information content (AvgIpc) is 2.76. The van der Waals surface area contributed by atoms with E-state index < -0.39 is 5.97 Å². The topological polar surface area (TPSA) is 54.6 Å². The number of carboxylic acids is 1. The van der Waals surface area contributed by atoms with Crippen LogP contribution in [0.5, 0.6) is 0 Å². The van der Waals surface area contributed by atoms with E-state index in [1.165, 1.54) is 0 Å². The van der Waals surface area contributed by atoms with E-state index in [4.69, 9.17) is 5.11 Å². The van der Waals surface area contributed by atoms with Crippen molar-refractivity contribution in [3.8, 4) is 0 Å². The molecule has 100 valence electrons. The molecule has 0 spiro atoms. The molecule has 0 aliphatic rings. The number of imidazole rings is 1. The van der Waals surface area contributed by atoms with E-state index in [-0.39, 0.29) is 5.56 Å². The van der Waals surface area contributed by atoms with Gasteiger partial charge in [-0.2, -0.15) is 0 Å². The molecule has 2 aromatic heterocycles. The van der Waals surface area contributed by atoms with Gasteiger partial charge in [0.15, 0.2) is 0 Å². The van der Waals surface area contributed by atoms with Gasteiger partial charge in [-0.05, 0) is 33.6 Å². The summed E-state index contributed by atoms with van der Waals surface area (Å²) in [6, 6.07) is 13.2. The van der Waals surface area contributed by atoms with Crippen LogP contribution in [-0.4, -0.2) is 20.5 Å². The summed E-state index contributed by atoms with van der Waals surface area (Å²) in [5, 5.41) is 9.03. The molecule has 3 rings (SSSR count). The largest absolute Gasteiger partial charge is 0.478 e. The van der Waals surface area contributed by atoms with Crippen LogP contribution >= 0.6 is 15.9 Å². The fraction of sp³-hybridized carbons (Fsp3) is 0.0667. The zero-order valence-corrected chi connectivity index (χ0v) is 12.0. The number of pyridine rings is 1. The van der Waals surface area contributed by atoms with Gasteiger partial charge in [0.25, 0.3) is 0 Å². The Hall–Kier alpha value is -2.14. The van der Waals surface area contributed by atoms with E-state index in [0.717, 1.165) is 16.9 Å². The first kappa shape index (κ1) is 12.9. The highest BCUT2D eigenvalue weighted by molar-refractivity contribution is 9.10. The maximum absolute atomic E-state index is 11.0. The number of halogens is 1. The summed E-state index contributed by atoms with van der Waals surface area (Å²) >= 11 is 3.39. The number of rotatable bonds is 3. The minimum atomic E-state index is -0.940. The Balaban J connectivity index is 2.07. The number of nitrogens with zero attached hydrogens (tertiary/aromatic N) is 2. The van der Waals surface area contributed by atoms with Crippen LogP contribution in [0.4, 0.5) is 0 Å². The summed E-state index contributed by atoms with van der Waals surface area (Å²) in [4.78, 5) is 15.5. The molecular formula is C15H11BrN2O2. The molecule has 3 aromatic rings. The summed E-state index contributed by atoms with van der Waals surface area (Å²) < 4.78 is 2.57. The van der Waals surface area contributed by atoms with E-state index in [0.29, 0.717) is 11.0 Å². The maximum atomic E-state index is 11.0. The number of fused-ring (bicyclic) bond motifs is 1. The SMILES string of the molecule is O=C(O)c1ccn2c(Cc3ccccc3)nc(Br)c2c1. The molecule has 1 N–H and O–H groups in total. The molecule has 4 nitrogen and oxygen atoms in total. The predicted octanol–water partition coefficient (Wildman–Crippen LogP) is 3.39. The van der Waals surface area contributed by atoms with Crippen molar-refractivity contribution < 1.29 is 9.90 Å². The van der Waals surface area contributed by atoms with Crippen molar-refractivity contribution >= 4 is 27.4 Å². The molecule has 0 saturated carbocycles. The van der Waals surface area contributed by atoms with Crippen molar-refractivity contribution in [2.75, 3.05) is 0 Å². The van der Waals surface area contributed by atoms with Gasteiger partial charge in [0.1, 0.15) is 10.4 Å². The number of aromatic carboxylic acids is 1. The van der Waals surface area contributed by atoms with Gasteiger partial charge in [0, 0.05) is 12.6 Å². The quantitative estimate of drug-likeness (QED) is 0.800. The van der Waals surface area contributed by atoms with Gasteiger partial charge >= 0.3 is 5.97 Å². The summed E-state index contributed by atoms with van der Waals surface area (Å²) in [6.07, 6.45) is 2.44. The van der Waals surface area contributed by atoms with E-state index in [2.05, 4.69) is 20.9 Å². The van der Waals surface area contributed by atoms with Crippen molar-refractivity contribution in [3.63, 3.8) is 0 Å². The monoisotopic (exact) mass is 330 g/mol. The highest BCUT2D eigenvalue weighted by Crippen LogP contribution is 2.22.